The lowest BCUT2D eigenvalue weighted by molar-refractivity contribution is -0.141. The van der Waals surface area contributed by atoms with Crippen LogP contribution in [0.3, 0.4) is 0 Å². The number of amides is 1. The van der Waals surface area contributed by atoms with Crippen LogP contribution in [0, 0.1) is 5.92 Å². The number of rotatable bonds is 3. The van der Waals surface area contributed by atoms with Gasteiger partial charge in [0.05, 0.1) is 0 Å². The highest BCUT2D eigenvalue weighted by Crippen LogP contribution is 2.18. The van der Waals surface area contributed by atoms with Crippen LogP contribution in [-0.2, 0) is 9.59 Å². The molecule has 1 saturated heterocycles. The lowest BCUT2D eigenvalue weighted by Gasteiger charge is -2.28. The minimum atomic E-state index is -0.284. The lowest BCUT2D eigenvalue weighted by atomic mass is 10.00. The van der Waals surface area contributed by atoms with Crippen molar-refractivity contribution in [1.82, 2.24) is 4.90 Å². The summed E-state index contributed by atoms with van der Waals surface area (Å²) in [5.74, 6) is -0.0437. The average Bonchev–Trinajstić information content (AvgIpc) is 2.45. The van der Waals surface area contributed by atoms with Gasteiger partial charge in [0.15, 0.2) is 0 Å². The number of hydrogen-bond acceptors (Lipinski definition) is 2. The molecule has 3 nitrogen and oxygen atoms in total. The zero-order valence-corrected chi connectivity index (χ0v) is 8.54. The van der Waals surface area contributed by atoms with Crippen LogP contribution in [0.2, 0.25) is 0 Å². The van der Waals surface area contributed by atoms with Crippen molar-refractivity contribution in [3.63, 3.8) is 0 Å². The summed E-state index contributed by atoms with van der Waals surface area (Å²) in [6.45, 7) is 6.85. The van der Waals surface area contributed by atoms with Crippen LogP contribution in [0.25, 0.3) is 0 Å². The normalized spacial score (nSPS) is 22.2. The maximum atomic E-state index is 11.3. The van der Waals surface area contributed by atoms with E-state index < -0.39 is 0 Å². The van der Waals surface area contributed by atoms with Crippen LogP contribution in [-0.4, -0.2) is 29.2 Å². The molecule has 0 spiro atoms. The molecular formula is C10H17NO2. The summed E-state index contributed by atoms with van der Waals surface area (Å²) in [7, 11) is 0. The topological polar surface area (TPSA) is 37.4 Å². The Kier molecular flexibility index (Phi) is 3.07. The fraction of sp³-hybridized carbons (Fsp3) is 0.800. The first-order valence-corrected chi connectivity index (χ1v) is 4.91. The highest BCUT2D eigenvalue weighted by molar-refractivity contribution is 6.37. The molecule has 1 heterocycles. The molecule has 0 aromatic carbocycles. The predicted molar refractivity (Wildman–Crippen MR) is 50.3 cm³/mol. The second-order valence-corrected chi connectivity index (χ2v) is 3.80. The molecular weight excluding hydrogens is 166 g/mol. The van der Waals surface area contributed by atoms with Gasteiger partial charge < -0.3 is 4.90 Å². The standard InChI is InChI=1S/C10H17NO2/c1-4-7(2)8(3)11-6-5-9(12)10(11)13/h7-8H,4-6H2,1-3H3. The monoisotopic (exact) mass is 183 g/mol. The molecule has 0 saturated carbocycles. The first-order valence-electron chi connectivity index (χ1n) is 4.91. The van der Waals surface area contributed by atoms with Crippen molar-refractivity contribution in [3.8, 4) is 0 Å². The van der Waals surface area contributed by atoms with Crippen molar-refractivity contribution in [1.29, 1.82) is 0 Å². The third-order valence-electron chi connectivity index (χ3n) is 3.04. The lowest BCUT2D eigenvalue weighted by Crippen LogP contribution is -2.39. The fourth-order valence-electron chi connectivity index (χ4n) is 1.63. The summed E-state index contributed by atoms with van der Waals surface area (Å²) in [4.78, 5) is 24.1. The smallest absolute Gasteiger partial charge is 0.290 e. The van der Waals surface area contributed by atoms with E-state index in [1.54, 1.807) is 4.90 Å². The average molecular weight is 183 g/mol. The predicted octanol–water partition coefficient (Wildman–Crippen LogP) is 1.22. The van der Waals surface area contributed by atoms with Gasteiger partial charge in [-0.2, -0.15) is 0 Å². The number of Topliss-reactive ketones (excluding diaryl/α,β-unsaturated/α-hetero) is 1. The molecule has 13 heavy (non-hydrogen) atoms. The van der Waals surface area contributed by atoms with Gasteiger partial charge in [0.2, 0.25) is 5.78 Å². The van der Waals surface area contributed by atoms with Crippen molar-refractivity contribution in [2.75, 3.05) is 6.54 Å². The minimum Gasteiger partial charge on any atom is -0.333 e. The van der Waals surface area contributed by atoms with Gasteiger partial charge in [-0.3, -0.25) is 9.59 Å². The Hall–Kier alpha value is -0.860. The first-order chi connectivity index (χ1) is 6.07. The molecule has 0 N–H and O–H groups in total. The van der Waals surface area contributed by atoms with Crippen molar-refractivity contribution < 1.29 is 9.59 Å². The first kappa shape index (κ1) is 10.2. The number of hydrogen-bond donors (Lipinski definition) is 0. The molecule has 0 aromatic heterocycles. The summed E-state index contributed by atoms with van der Waals surface area (Å²) >= 11 is 0. The van der Waals surface area contributed by atoms with E-state index in [9.17, 15) is 9.59 Å². The zero-order valence-electron chi connectivity index (χ0n) is 8.54. The molecule has 0 radical (unpaired) electrons. The van der Waals surface area contributed by atoms with Crippen LogP contribution in [0.4, 0.5) is 0 Å². The molecule has 0 bridgehead atoms. The Morgan fingerprint density at radius 2 is 2.00 bits per heavy atom. The van der Waals surface area contributed by atoms with E-state index in [1.165, 1.54) is 0 Å². The molecule has 1 aliphatic heterocycles. The van der Waals surface area contributed by atoms with Gasteiger partial charge in [0.1, 0.15) is 0 Å². The maximum Gasteiger partial charge on any atom is 0.290 e. The van der Waals surface area contributed by atoms with E-state index in [4.69, 9.17) is 0 Å². The molecule has 2 atom stereocenters. The molecule has 1 amide bonds. The van der Waals surface area contributed by atoms with Crippen molar-refractivity contribution in [2.45, 2.75) is 39.7 Å². The highest BCUT2D eigenvalue weighted by Gasteiger charge is 2.33. The molecule has 3 heteroatoms. The third kappa shape index (κ3) is 1.90. The Morgan fingerprint density at radius 3 is 2.38 bits per heavy atom. The van der Waals surface area contributed by atoms with Crippen molar-refractivity contribution in [2.24, 2.45) is 5.92 Å². The number of likely N-dealkylation sites (tertiary alicyclic amines) is 1. The Bertz CT molecular complexity index is 225. The summed E-state index contributed by atoms with van der Waals surface area (Å²) in [6, 6.07) is 0.198. The molecule has 0 aromatic rings. The number of nitrogens with zero attached hydrogens (tertiary/aromatic N) is 1. The van der Waals surface area contributed by atoms with E-state index in [0.717, 1.165) is 6.42 Å². The Balaban J connectivity index is 2.63. The third-order valence-corrected chi connectivity index (χ3v) is 3.04. The van der Waals surface area contributed by atoms with Crippen molar-refractivity contribution in [3.05, 3.63) is 0 Å². The molecule has 0 aliphatic carbocycles. The van der Waals surface area contributed by atoms with E-state index in [-0.39, 0.29) is 17.7 Å². The van der Waals surface area contributed by atoms with Gasteiger partial charge in [-0.15, -0.1) is 0 Å². The second-order valence-electron chi connectivity index (χ2n) is 3.80. The molecule has 1 rings (SSSR count). The van der Waals surface area contributed by atoms with E-state index in [2.05, 4.69) is 13.8 Å². The Morgan fingerprint density at radius 1 is 1.38 bits per heavy atom. The largest absolute Gasteiger partial charge is 0.333 e. The molecule has 1 aliphatic rings. The number of carbonyl (C=O) groups excluding carboxylic acids is 2. The minimum absolute atomic E-state index is 0.198. The SMILES string of the molecule is CCC(C)C(C)N1CCC(=O)C1=O. The van der Waals surface area contributed by atoms with E-state index >= 15 is 0 Å². The van der Waals surface area contributed by atoms with E-state index in [0.29, 0.717) is 18.9 Å². The summed E-state index contributed by atoms with van der Waals surface area (Å²) in [5.41, 5.74) is 0. The van der Waals surface area contributed by atoms with Crippen LogP contribution < -0.4 is 0 Å². The van der Waals surface area contributed by atoms with Crippen LogP contribution in [0.1, 0.15) is 33.6 Å². The molecule has 2 unspecified atom stereocenters. The van der Waals surface area contributed by atoms with Crippen LogP contribution in [0.15, 0.2) is 0 Å². The molecule has 1 fully saturated rings. The summed E-state index contributed by atoms with van der Waals surface area (Å²) < 4.78 is 0. The van der Waals surface area contributed by atoms with E-state index in [1.807, 2.05) is 6.92 Å². The quantitative estimate of drug-likeness (QED) is 0.617. The second kappa shape index (κ2) is 3.90. The number of ketones is 1. The summed E-state index contributed by atoms with van der Waals surface area (Å²) in [5, 5.41) is 0. The van der Waals surface area contributed by atoms with Crippen molar-refractivity contribution >= 4 is 11.7 Å². The van der Waals surface area contributed by atoms with Gasteiger partial charge in [-0.25, -0.2) is 0 Å². The van der Waals surface area contributed by atoms with Gasteiger partial charge in [0.25, 0.3) is 5.91 Å². The Labute approximate surface area is 79.1 Å². The van der Waals surface area contributed by atoms with Gasteiger partial charge in [0, 0.05) is 19.0 Å². The fourth-order valence-corrected chi connectivity index (χ4v) is 1.63. The highest BCUT2D eigenvalue weighted by atomic mass is 16.2. The zero-order chi connectivity index (χ0) is 10.0. The van der Waals surface area contributed by atoms with Crippen LogP contribution >= 0.6 is 0 Å². The van der Waals surface area contributed by atoms with Gasteiger partial charge in [-0.1, -0.05) is 20.3 Å². The molecule has 74 valence electrons. The van der Waals surface area contributed by atoms with Gasteiger partial charge >= 0.3 is 0 Å². The number of carbonyl (C=O) groups is 2. The maximum absolute atomic E-state index is 11.3. The summed E-state index contributed by atoms with van der Waals surface area (Å²) in [6.07, 6.45) is 1.44. The van der Waals surface area contributed by atoms with Gasteiger partial charge in [-0.05, 0) is 12.8 Å². The van der Waals surface area contributed by atoms with Crippen LogP contribution in [0.5, 0.6) is 0 Å².